The molecule has 3 nitrogen and oxygen atoms in total. The molecule has 0 amide bonds. The van der Waals surface area contributed by atoms with E-state index in [0.29, 0.717) is 5.56 Å². The Morgan fingerprint density at radius 3 is 2.40 bits per heavy atom. The molecule has 0 atom stereocenters. The lowest BCUT2D eigenvalue weighted by Crippen LogP contribution is -2.05. The van der Waals surface area contributed by atoms with Crippen LogP contribution in [0.1, 0.15) is 23.7 Å². The van der Waals surface area contributed by atoms with Crippen LogP contribution in [0.2, 0.25) is 0 Å². The summed E-state index contributed by atoms with van der Waals surface area (Å²) in [5.41, 5.74) is 1.29. The van der Waals surface area contributed by atoms with Crippen molar-refractivity contribution in [2.24, 2.45) is 11.1 Å². The van der Waals surface area contributed by atoms with Gasteiger partial charge in [0.15, 0.2) is 0 Å². The zero-order valence-corrected chi connectivity index (χ0v) is 11.4. The second kappa shape index (κ2) is 7.24. The summed E-state index contributed by atoms with van der Waals surface area (Å²) in [5, 5.41) is 3.90. The van der Waals surface area contributed by atoms with E-state index in [1.165, 1.54) is 0 Å². The van der Waals surface area contributed by atoms with Crippen LogP contribution < -0.4 is 0 Å². The average Bonchev–Trinajstić information content (AvgIpc) is 2.74. The molecule has 0 radical (unpaired) electrons. The first-order valence-corrected chi connectivity index (χ1v) is 6.57. The fourth-order valence-electron chi connectivity index (χ4n) is 1.87. The molecule has 0 unspecified atom stereocenters. The van der Waals surface area contributed by atoms with Gasteiger partial charge in [-0.05, 0) is 25.5 Å². The standard InChI is InChI=1S/C17H17NO2/c1-14(13-15-9-5-2-3-6-10-15)18-20-17(19)16-11-7-4-8-12-16/h2-12,15H,13H2,1H3/b18-14+. The van der Waals surface area contributed by atoms with Crippen LogP contribution in [-0.2, 0) is 4.84 Å². The van der Waals surface area contributed by atoms with Gasteiger partial charge in [-0.3, -0.25) is 0 Å². The summed E-state index contributed by atoms with van der Waals surface area (Å²) in [6.45, 7) is 1.86. The molecular formula is C17H17NO2. The van der Waals surface area contributed by atoms with Crippen molar-refractivity contribution >= 4 is 11.7 Å². The summed E-state index contributed by atoms with van der Waals surface area (Å²) in [7, 11) is 0. The van der Waals surface area contributed by atoms with Crippen molar-refractivity contribution in [3.63, 3.8) is 0 Å². The molecule has 0 saturated heterocycles. The molecule has 3 heteroatoms. The number of oxime groups is 1. The molecule has 0 fully saturated rings. The Labute approximate surface area is 118 Å². The maximum Gasteiger partial charge on any atom is 0.365 e. The molecule has 0 N–H and O–H groups in total. The van der Waals surface area contributed by atoms with E-state index >= 15 is 0 Å². The topological polar surface area (TPSA) is 38.7 Å². The molecule has 1 aliphatic carbocycles. The lowest BCUT2D eigenvalue weighted by atomic mass is 10.0. The van der Waals surface area contributed by atoms with Crippen LogP contribution in [0.25, 0.3) is 0 Å². The SMILES string of the molecule is C/C(CC1C=CC=CC=C1)=N\OC(=O)c1ccccc1. The van der Waals surface area contributed by atoms with Crippen LogP contribution in [0.4, 0.5) is 0 Å². The van der Waals surface area contributed by atoms with E-state index in [4.69, 9.17) is 4.84 Å². The highest BCUT2D eigenvalue weighted by molar-refractivity contribution is 5.90. The molecule has 102 valence electrons. The molecule has 0 saturated carbocycles. The molecule has 0 aliphatic heterocycles. The van der Waals surface area contributed by atoms with Crippen molar-refractivity contribution in [3.05, 3.63) is 72.4 Å². The second-order valence-corrected chi connectivity index (χ2v) is 4.59. The van der Waals surface area contributed by atoms with Gasteiger partial charge in [-0.1, -0.05) is 59.8 Å². The van der Waals surface area contributed by atoms with Gasteiger partial charge in [0, 0.05) is 5.92 Å². The molecule has 1 aromatic rings. The Morgan fingerprint density at radius 2 is 1.75 bits per heavy atom. The van der Waals surface area contributed by atoms with Gasteiger partial charge in [0.25, 0.3) is 0 Å². The van der Waals surface area contributed by atoms with E-state index in [0.717, 1.165) is 12.1 Å². The van der Waals surface area contributed by atoms with Crippen molar-refractivity contribution in [3.8, 4) is 0 Å². The number of carbonyl (C=O) groups excluding carboxylic acids is 1. The molecular weight excluding hydrogens is 250 g/mol. The zero-order chi connectivity index (χ0) is 14.2. The number of rotatable bonds is 4. The van der Waals surface area contributed by atoms with Gasteiger partial charge in [-0.2, -0.15) is 0 Å². The van der Waals surface area contributed by atoms with E-state index in [1.54, 1.807) is 24.3 Å². The molecule has 20 heavy (non-hydrogen) atoms. The summed E-state index contributed by atoms with van der Waals surface area (Å²) < 4.78 is 0. The van der Waals surface area contributed by atoms with Gasteiger partial charge in [0.1, 0.15) is 0 Å². The second-order valence-electron chi connectivity index (χ2n) is 4.59. The van der Waals surface area contributed by atoms with Crippen LogP contribution in [0, 0.1) is 5.92 Å². The fraction of sp³-hybridized carbons (Fsp3) is 0.176. The number of benzene rings is 1. The molecule has 0 heterocycles. The van der Waals surface area contributed by atoms with Crippen molar-refractivity contribution in [1.82, 2.24) is 0 Å². The Hall–Kier alpha value is -2.42. The van der Waals surface area contributed by atoms with E-state index < -0.39 is 5.97 Å². The minimum absolute atomic E-state index is 0.282. The summed E-state index contributed by atoms with van der Waals surface area (Å²) in [4.78, 5) is 16.7. The smallest absolute Gasteiger partial charge is 0.313 e. The summed E-state index contributed by atoms with van der Waals surface area (Å²) in [5.74, 6) is -0.150. The number of hydrogen-bond donors (Lipinski definition) is 0. The van der Waals surface area contributed by atoms with Crippen LogP contribution in [0.3, 0.4) is 0 Å². The van der Waals surface area contributed by atoms with Gasteiger partial charge in [0.05, 0.1) is 11.3 Å². The number of hydrogen-bond acceptors (Lipinski definition) is 3. The molecule has 1 aliphatic rings. The number of allylic oxidation sites excluding steroid dienone is 6. The van der Waals surface area contributed by atoms with Gasteiger partial charge >= 0.3 is 5.97 Å². The molecule has 0 aromatic heterocycles. The monoisotopic (exact) mass is 267 g/mol. The molecule has 2 rings (SSSR count). The van der Waals surface area contributed by atoms with Crippen LogP contribution in [0.15, 0.2) is 71.9 Å². The zero-order valence-electron chi connectivity index (χ0n) is 11.4. The van der Waals surface area contributed by atoms with Crippen LogP contribution in [-0.4, -0.2) is 11.7 Å². The van der Waals surface area contributed by atoms with E-state index in [1.807, 2.05) is 37.3 Å². The third-order valence-corrected chi connectivity index (χ3v) is 2.87. The van der Waals surface area contributed by atoms with Crippen molar-refractivity contribution in [2.75, 3.05) is 0 Å². The number of carbonyl (C=O) groups is 1. The van der Waals surface area contributed by atoms with Gasteiger partial charge in [0.2, 0.25) is 0 Å². The highest BCUT2D eigenvalue weighted by Gasteiger charge is 2.07. The predicted octanol–water partition coefficient (Wildman–Crippen LogP) is 3.91. The quantitative estimate of drug-likeness (QED) is 0.471. The van der Waals surface area contributed by atoms with E-state index in [-0.39, 0.29) is 5.92 Å². The first kappa shape index (κ1) is 14.0. The molecule has 1 aromatic carbocycles. The van der Waals surface area contributed by atoms with Gasteiger partial charge in [-0.25, -0.2) is 4.79 Å². The van der Waals surface area contributed by atoms with Crippen molar-refractivity contribution < 1.29 is 9.63 Å². The first-order valence-electron chi connectivity index (χ1n) is 6.57. The lowest BCUT2D eigenvalue weighted by Gasteiger charge is -2.06. The number of nitrogens with zero attached hydrogens (tertiary/aromatic N) is 1. The average molecular weight is 267 g/mol. The molecule has 0 bridgehead atoms. The summed E-state index contributed by atoms with van der Waals surface area (Å²) in [6, 6.07) is 8.85. The van der Waals surface area contributed by atoms with Gasteiger partial charge < -0.3 is 4.84 Å². The minimum Gasteiger partial charge on any atom is -0.313 e. The fourth-order valence-corrected chi connectivity index (χ4v) is 1.87. The highest BCUT2D eigenvalue weighted by atomic mass is 16.7. The highest BCUT2D eigenvalue weighted by Crippen LogP contribution is 2.12. The lowest BCUT2D eigenvalue weighted by molar-refractivity contribution is 0.0515. The minimum atomic E-state index is -0.432. The Kier molecular flexibility index (Phi) is 5.07. The van der Waals surface area contributed by atoms with Gasteiger partial charge in [-0.15, -0.1) is 0 Å². The predicted molar refractivity (Wildman–Crippen MR) is 80.5 cm³/mol. The Bertz CT molecular complexity index is 552. The van der Waals surface area contributed by atoms with Crippen molar-refractivity contribution in [1.29, 1.82) is 0 Å². The normalized spacial score (nSPS) is 15.2. The van der Waals surface area contributed by atoms with E-state index in [9.17, 15) is 4.79 Å². The van der Waals surface area contributed by atoms with Crippen molar-refractivity contribution in [2.45, 2.75) is 13.3 Å². The maximum atomic E-state index is 11.7. The summed E-state index contributed by atoms with van der Waals surface area (Å²) >= 11 is 0. The van der Waals surface area contributed by atoms with Crippen LogP contribution in [0.5, 0.6) is 0 Å². The Morgan fingerprint density at radius 1 is 1.10 bits per heavy atom. The third kappa shape index (κ3) is 4.35. The maximum absolute atomic E-state index is 11.7. The third-order valence-electron chi connectivity index (χ3n) is 2.87. The van der Waals surface area contributed by atoms with Crippen LogP contribution >= 0.6 is 0 Å². The Balaban J connectivity index is 1.89. The van der Waals surface area contributed by atoms with E-state index in [2.05, 4.69) is 17.3 Å². The molecule has 0 spiro atoms. The summed E-state index contributed by atoms with van der Waals surface area (Å²) in [6.07, 6.45) is 12.9. The first-order chi connectivity index (χ1) is 9.75. The largest absolute Gasteiger partial charge is 0.365 e.